The molecule has 0 aliphatic rings. The molecule has 0 fully saturated rings. The lowest BCUT2D eigenvalue weighted by molar-refractivity contribution is 0.590. The van der Waals surface area contributed by atoms with E-state index in [4.69, 9.17) is 0 Å². The van der Waals surface area contributed by atoms with Crippen molar-refractivity contribution in [1.82, 2.24) is 9.29 Å². The zero-order valence-electron chi connectivity index (χ0n) is 7.41. The molecule has 0 atom stereocenters. The molecule has 1 rings (SSSR count). The van der Waals surface area contributed by atoms with Crippen molar-refractivity contribution >= 4 is 26.0 Å². The first-order valence-corrected chi connectivity index (χ1v) is 6.31. The summed E-state index contributed by atoms with van der Waals surface area (Å²) in [5.74, 6) is 0. The van der Waals surface area contributed by atoms with Gasteiger partial charge < -0.3 is 5.32 Å². The Hall–Kier alpha value is -0.330. The topological polar surface area (TPSA) is 51.1 Å². The molecule has 0 unspecified atom stereocenters. The molecule has 0 aliphatic heterocycles. The fraction of sp³-hybridized carbons (Fsp3) is 0.429. The Morgan fingerprint density at radius 3 is 2.69 bits per heavy atom. The molecule has 0 radical (unpaired) electrons. The summed E-state index contributed by atoms with van der Waals surface area (Å²) in [6, 6.07) is 1.78. The second kappa shape index (κ2) is 3.81. The van der Waals surface area contributed by atoms with Crippen molar-refractivity contribution in [2.45, 2.75) is 6.54 Å². The van der Waals surface area contributed by atoms with Crippen molar-refractivity contribution in [3.63, 3.8) is 0 Å². The molecule has 0 aromatic carbocycles. The van der Waals surface area contributed by atoms with Gasteiger partial charge in [0.2, 0.25) is 10.0 Å². The summed E-state index contributed by atoms with van der Waals surface area (Å²) in [6.45, 7) is 0.526. The van der Waals surface area contributed by atoms with E-state index in [1.165, 1.54) is 10.2 Å². The van der Waals surface area contributed by atoms with Gasteiger partial charge in [0.1, 0.15) is 0 Å². The van der Waals surface area contributed by atoms with Crippen LogP contribution in [0.4, 0.5) is 0 Å². The Kier molecular flexibility index (Phi) is 3.15. The smallest absolute Gasteiger partial charge is 0.235 e. The van der Waals surface area contributed by atoms with Crippen molar-refractivity contribution in [1.29, 1.82) is 0 Å². The Morgan fingerprint density at radius 2 is 2.23 bits per heavy atom. The van der Waals surface area contributed by atoms with Gasteiger partial charge in [0.25, 0.3) is 0 Å². The SMILES string of the molecule is CNCc1cc(Br)cn1S(C)(=O)=O. The van der Waals surface area contributed by atoms with Gasteiger partial charge >= 0.3 is 0 Å². The van der Waals surface area contributed by atoms with Gasteiger partial charge in [0.15, 0.2) is 0 Å². The van der Waals surface area contributed by atoms with E-state index < -0.39 is 10.0 Å². The highest BCUT2D eigenvalue weighted by molar-refractivity contribution is 9.10. The predicted octanol–water partition coefficient (Wildman–Crippen LogP) is 0.778. The average Bonchev–Trinajstić information content (AvgIpc) is 2.30. The minimum absolute atomic E-state index is 0.526. The van der Waals surface area contributed by atoms with Crippen LogP contribution in [0.2, 0.25) is 0 Å². The van der Waals surface area contributed by atoms with Crippen LogP contribution in [-0.2, 0) is 16.6 Å². The van der Waals surface area contributed by atoms with Crippen LogP contribution in [0.1, 0.15) is 5.69 Å². The third kappa shape index (κ3) is 2.55. The summed E-state index contributed by atoms with van der Waals surface area (Å²) >= 11 is 3.23. The second-order valence-electron chi connectivity index (χ2n) is 2.74. The number of hydrogen-bond donors (Lipinski definition) is 1. The van der Waals surface area contributed by atoms with Crippen molar-refractivity contribution in [3.8, 4) is 0 Å². The highest BCUT2D eigenvalue weighted by Gasteiger charge is 2.11. The largest absolute Gasteiger partial charge is 0.314 e. The van der Waals surface area contributed by atoms with Crippen molar-refractivity contribution in [2.75, 3.05) is 13.3 Å². The Morgan fingerprint density at radius 1 is 1.62 bits per heavy atom. The van der Waals surface area contributed by atoms with Gasteiger partial charge in [-0.1, -0.05) is 0 Å². The molecule has 0 bridgehead atoms. The maximum Gasteiger partial charge on any atom is 0.235 e. The first-order chi connectivity index (χ1) is 5.95. The molecule has 0 saturated heterocycles. The van der Waals surface area contributed by atoms with E-state index in [2.05, 4.69) is 21.2 Å². The minimum atomic E-state index is -3.19. The molecule has 0 saturated carbocycles. The molecule has 1 aromatic rings. The third-order valence-corrected chi connectivity index (χ3v) is 3.03. The monoisotopic (exact) mass is 266 g/mol. The number of nitrogens with zero attached hydrogens (tertiary/aromatic N) is 1. The zero-order valence-corrected chi connectivity index (χ0v) is 9.81. The van der Waals surface area contributed by atoms with Crippen molar-refractivity contribution in [2.24, 2.45) is 0 Å². The predicted molar refractivity (Wildman–Crippen MR) is 55.1 cm³/mol. The van der Waals surface area contributed by atoms with Gasteiger partial charge in [0.05, 0.1) is 6.26 Å². The van der Waals surface area contributed by atoms with Crippen LogP contribution in [0.5, 0.6) is 0 Å². The highest BCUT2D eigenvalue weighted by Crippen LogP contribution is 2.16. The molecule has 1 aromatic heterocycles. The second-order valence-corrected chi connectivity index (χ2v) is 5.51. The van der Waals surface area contributed by atoms with Crippen LogP contribution >= 0.6 is 15.9 Å². The molecule has 1 N–H and O–H groups in total. The summed E-state index contributed by atoms with van der Waals surface area (Å²) in [6.07, 6.45) is 2.72. The number of nitrogens with one attached hydrogen (secondary N) is 1. The lowest BCUT2D eigenvalue weighted by atomic mass is 10.4. The van der Waals surface area contributed by atoms with Gasteiger partial charge in [-0.3, -0.25) is 0 Å². The summed E-state index contributed by atoms with van der Waals surface area (Å²) in [5, 5.41) is 2.90. The van der Waals surface area contributed by atoms with Crippen LogP contribution in [-0.4, -0.2) is 25.7 Å². The fourth-order valence-corrected chi connectivity index (χ4v) is 2.53. The number of hydrogen-bond acceptors (Lipinski definition) is 3. The number of rotatable bonds is 3. The quantitative estimate of drug-likeness (QED) is 0.880. The van der Waals surface area contributed by atoms with E-state index in [1.807, 2.05) is 0 Å². The van der Waals surface area contributed by atoms with Gasteiger partial charge in [-0.05, 0) is 29.0 Å². The summed E-state index contributed by atoms with van der Waals surface area (Å²) in [4.78, 5) is 0. The normalized spacial score (nSPS) is 11.9. The summed E-state index contributed by atoms with van der Waals surface area (Å²) in [7, 11) is -1.42. The van der Waals surface area contributed by atoms with Crippen LogP contribution < -0.4 is 5.32 Å². The Bertz CT molecular complexity index is 397. The molecule has 0 amide bonds. The lowest BCUT2D eigenvalue weighted by Crippen LogP contribution is -2.16. The summed E-state index contributed by atoms with van der Waals surface area (Å²) < 4.78 is 24.5. The molecule has 13 heavy (non-hydrogen) atoms. The molecule has 0 aliphatic carbocycles. The van der Waals surface area contributed by atoms with Gasteiger partial charge in [0, 0.05) is 22.9 Å². The molecule has 6 heteroatoms. The van der Waals surface area contributed by atoms with E-state index in [1.54, 1.807) is 19.3 Å². The fourth-order valence-electron chi connectivity index (χ4n) is 1.07. The molecule has 0 spiro atoms. The van der Waals surface area contributed by atoms with Gasteiger partial charge in [-0.2, -0.15) is 0 Å². The summed E-state index contributed by atoms with van der Waals surface area (Å²) in [5.41, 5.74) is 0.719. The Labute approximate surface area is 86.1 Å². The first-order valence-electron chi connectivity index (χ1n) is 3.67. The standard InChI is InChI=1S/C7H11BrN2O2S/c1-9-4-7-3-6(8)5-10(7)13(2,11)12/h3,5,9H,4H2,1-2H3. The van der Waals surface area contributed by atoms with Crippen molar-refractivity contribution in [3.05, 3.63) is 22.4 Å². The van der Waals surface area contributed by atoms with E-state index in [0.29, 0.717) is 6.54 Å². The van der Waals surface area contributed by atoms with E-state index in [-0.39, 0.29) is 0 Å². The molecule has 1 heterocycles. The van der Waals surface area contributed by atoms with Crippen LogP contribution in [0.25, 0.3) is 0 Å². The van der Waals surface area contributed by atoms with Crippen LogP contribution in [0.3, 0.4) is 0 Å². The highest BCUT2D eigenvalue weighted by atomic mass is 79.9. The van der Waals surface area contributed by atoms with Crippen LogP contribution in [0, 0.1) is 0 Å². The molecule has 4 nitrogen and oxygen atoms in total. The molecular weight excluding hydrogens is 256 g/mol. The minimum Gasteiger partial charge on any atom is -0.314 e. The maximum absolute atomic E-state index is 11.3. The van der Waals surface area contributed by atoms with Gasteiger partial charge in [-0.25, -0.2) is 12.4 Å². The van der Waals surface area contributed by atoms with E-state index in [9.17, 15) is 8.42 Å². The Balaban J connectivity index is 3.20. The first kappa shape index (κ1) is 10.7. The van der Waals surface area contributed by atoms with E-state index in [0.717, 1.165) is 10.2 Å². The third-order valence-electron chi connectivity index (χ3n) is 1.54. The van der Waals surface area contributed by atoms with Crippen molar-refractivity contribution < 1.29 is 8.42 Å². The van der Waals surface area contributed by atoms with E-state index >= 15 is 0 Å². The number of aromatic nitrogens is 1. The average molecular weight is 267 g/mol. The molecule has 74 valence electrons. The lowest BCUT2D eigenvalue weighted by Gasteiger charge is -2.04. The molecular formula is C7H11BrN2O2S. The van der Waals surface area contributed by atoms with Gasteiger partial charge in [-0.15, -0.1) is 0 Å². The number of halogens is 1. The van der Waals surface area contributed by atoms with Crippen LogP contribution in [0.15, 0.2) is 16.7 Å². The zero-order chi connectivity index (χ0) is 10.1. The maximum atomic E-state index is 11.3.